The molecule has 0 amide bonds. The molecule has 0 aliphatic carbocycles. The summed E-state index contributed by atoms with van der Waals surface area (Å²) in [7, 11) is 5.69. The Morgan fingerprint density at radius 2 is 2.24 bits per heavy atom. The number of nitrogens with zero attached hydrogens (tertiary/aromatic N) is 5. The van der Waals surface area contributed by atoms with Gasteiger partial charge in [-0.3, -0.25) is 4.68 Å². The van der Waals surface area contributed by atoms with Gasteiger partial charge in [-0.05, 0) is 32.0 Å². The highest BCUT2D eigenvalue weighted by Gasteiger charge is 2.24. The second-order valence-corrected chi connectivity index (χ2v) is 5.83. The number of hydrogen-bond donors (Lipinski definition) is 1. The van der Waals surface area contributed by atoms with Crippen LogP contribution >= 0.6 is 11.5 Å². The normalized spacial score (nSPS) is 12.9. The van der Waals surface area contributed by atoms with Gasteiger partial charge in [0.25, 0.3) is 0 Å². The average Bonchev–Trinajstić information content (AvgIpc) is 3.10. The highest BCUT2D eigenvalue weighted by atomic mass is 32.1. The molecule has 1 atom stereocenters. The first kappa shape index (κ1) is 15.9. The summed E-state index contributed by atoms with van der Waals surface area (Å²) >= 11 is 1.34. The zero-order chi connectivity index (χ0) is 15.4. The number of rotatable bonds is 7. The fourth-order valence-corrected chi connectivity index (χ4v) is 2.89. The number of hydrogen-bond acceptors (Lipinski definition) is 7. The summed E-state index contributed by atoms with van der Waals surface area (Å²) in [5.41, 5.74) is 8.26. The van der Waals surface area contributed by atoms with Crippen LogP contribution in [0, 0.1) is 0 Å². The van der Waals surface area contributed by atoms with Gasteiger partial charge in [0.1, 0.15) is 5.69 Å². The average molecular weight is 310 g/mol. The van der Waals surface area contributed by atoms with Crippen molar-refractivity contribution in [2.24, 2.45) is 5.73 Å². The molecule has 0 aliphatic rings. The molecule has 1 unspecified atom stereocenters. The fourth-order valence-electron chi connectivity index (χ4n) is 2.14. The van der Waals surface area contributed by atoms with Crippen molar-refractivity contribution < 1.29 is 4.74 Å². The van der Waals surface area contributed by atoms with Crippen LogP contribution in [0.3, 0.4) is 0 Å². The first-order valence-corrected chi connectivity index (χ1v) is 7.66. The molecule has 8 heteroatoms. The third-order valence-electron chi connectivity index (χ3n) is 3.32. The summed E-state index contributed by atoms with van der Waals surface area (Å²) < 4.78 is 11.3. The monoisotopic (exact) mass is 310 g/mol. The van der Waals surface area contributed by atoms with E-state index < -0.39 is 0 Å². The zero-order valence-corrected chi connectivity index (χ0v) is 13.7. The number of ether oxygens (including phenoxy) is 1. The van der Waals surface area contributed by atoms with E-state index in [2.05, 4.69) is 19.6 Å². The first-order chi connectivity index (χ1) is 10.1. The Balaban J connectivity index is 2.34. The first-order valence-electron chi connectivity index (χ1n) is 6.89. The molecule has 2 aromatic heterocycles. The van der Waals surface area contributed by atoms with Crippen LogP contribution in [-0.4, -0.2) is 52.0 Å². The van der Waals surface area contributed by atoms with Gasteiger partial charge in [0.2, 0.25) is 0 Å². The molecule has 7 nitrogen and oxygen atoms in total. The van der Waals surface area contributed by atoms with Gasteiger partial charge in [0, 0.05) is 6.54 Å². The molecule has 0 fully saturated rings. The topological polar surface area (TPSA) is 82.1 Å². The summed E-state index contributed by atoms with van der Waals surface area (Å²) in [5, 5.41) is 8.53. The molecule has 0 bridgehead atoms. The minimum absolute atomic E-state index is 0.320. The Morgan fingerprint density at radius 3 is 2.86 bits per heavy atom. The van der Waals surface area contributed by atoms with Crippen molar-refractivity contribution in [3.63, 3.8) is 0 Å². The van der Waals surface area contributed by atoms with E-state index in [1.807, 2.05) is 25.7 Å². The molecular weight excluding hydrogens is 288 g/mol. The lowest BCUT2D eigenvalue weighted by Gasteiger charge is -2.16. The number of likely N-dealkylation sites (N-methyl/N-ethyl adjacent to an activating group) is 1. The zero-order valence-electron chi connectivity index (χ0n) is 12.9. The minimum atomic E-state index is -0.320. The lowest BCUT2D eigenvalue weighted by Crippen LogP contribution is -2.23. The van der Waals surface area contributed by atoms with Gasteiger partial charge in [-0.25, -0.2) is 0 Å². The van der Waals surface area contributed by atoms with Crippen molar-refractivity contribution >= 4 is 11.5 Å². The summed E-state index contributed by atoms with van der Waals surface area (Å²) in [4.78, 5) is 3.08. The van der Waals surface area contributed by atoms with E-state index in [-0.39, 0.29) is 6.04 Å². The largest absolute Gasteiger partial charge is 0.493 e. The van der Waals surface area contributed by atoms with E-state index in [0.29, 0.717) is 5.75 Å². The molecule has 2 N–H and O–H groups in total. The van der Waals surface area contributed by atoms with Gasteiger partial charge >= 0.3 is 0 Å². The van der Waals surface area contributed by atoms with Crippen LogP contribution in [-0.2, 0) is 13.0 Å². The minimum Gasteiger partial charge on any atom is -0.493 e. The highest BCUT2D eigenvalue weighted by Crippen LogP contribution is 2.31. The van der Waals surface area contributed by atoms with Crippen molar-refractivity contribution in [2.75, 3.05) is 27.7 Å². The fraction of sp³-hybridized carbons (Fsp3) is 0.615. The summed E-state index contributed by atoms with van der Waals surface area (Å²) in [6.45, 7) is 3.69. The molecule has 21 heavy (non-hydrogen) atoms. The molecule has 0 aliphatic heterocycles. The molecule has 0 spiro atoms. The quantitative estimate of drug-likeness (QED) is 0.819. The molecular formula is C13H22N6OS. The SMILES string of the molecule is CCc1nnsc1C(N)c1c(OC)cnn1CCN(C)C. The third kappa shape index (κ3) is 3.39. The van der Waals surface area contributed by atoms with E-state index in [9.17, 15) is 0 Å². The Labute approximate surface area is 128 Å². The maximum absolute atomic E-state index is 6.44. The second kappa shape index (κ2) is 6.97. The number of nitrogens with two attached hydrogens (primary N) is 1. The van der Waals surface area contributed by atoms with Gasteiger partial charge in [0.15, 0.2) is 5.75 Å². The molecule has 2 rings (SSSR count). The summed E-state index contributed by atoms with van der Waals surface area (Å²) in [6.07, 6.45) is 2.53. The molecule has 0 radical (unpaired) electrons. The van der Waals surface area contributed by atoms with Gasteiger partial charge in [0.05, 0.1) is 36.5 Å². The van der Waals surface area contributed by atoms with Crippen LogP contribution in [0.2, 0.25) is 0 Å². The van der Waals surface area contributed by atoms with E-state index in [4.69, 9.17) is 10.5 Å². The molecule has 2 aromatic rings. The number of aryl methyl sites for hydroxylation is 1. The van der Waals surface area contributed by atoms with Crippen molar-refractivity contribution in [3.8, 4) is 5.75 Å². The smallest absolute Gasteiger partial charge is 0.161 e. The maximum Gasteiger partial charge on any atom is 0.161 e. The van der Waals surface area contributed by atoms with Crippen LogP contribution in [0.25, 0.3) is 0 Å². The lowest BCUT2D eigenvalue weighted by molar-refractivity contribution is 0.363. The molecule has 116 valence electrons. The summed E-state index contributed by atoms with van der Waals surface area (Å²) in [6, 6.07) is -0.320. The maximum atomic E-state index is 6.44. The van der Waals surface area contributed by atoms with Crippen molar-refractivity contribution in [1.82, 2.24) is 24.3 Å². The van der Waals surface area contributed by atoms with Crippen LogP contribution in [0.4, 0.5) is 0 Å². The number of methoxy groups -OCH3 is 1. The number of aromatic nitrogens is 4. The van der Waals surface area contributed by atoms with E-state index in [0.717, 1.165) is 35.8 Å². The van der Waals surface area contributed by atoms with E-state index in [1.54, 1.807) is 13.3 Å². The Kier molecular flexibility index (Phi) is 5.27. The van der Waals surface area contributed by atoms with E-state index >= 15 is 0 Å². The standard InChI is InChI=1S/C13H22N6OS/c1-5-9-13(21-17-16-9)11(14)12-10(20-4)8-15-19(12)7-6-18(2)3/h8,11H,5-7,14H2,1-4H3. The third-order valence-corrected chi connectivity index (χ3v) is 4.17. The molecule has 0 saturated heterocycles. The molecule has 0 saturated carbocycles. The van der Waals surface area contributed by atoms with Crippen LogP contribution in [0.5, 0.6) is 5.75 Å². The molecule has 2 heterocycles. The van der Waals surface area contributed by atoms with E-state index in [1.165, 1.54) is 11.5 Å². The van der Waals surface area contributed by atoms with Crippen molar-refractivity contribution in [1.29, 1.82) is 0 Å². The van der Waals surface area contributed by atoms with Gasteiger partial charge in [-0.1, -0.05) is 11.4 Å². The van der Waals surface area contributed by atoms with Gasteiger partial charge < -0.3 is 15.4 Å². The van der Waals surface area contributed by atoms with Crippen LogP contribution < -0.4 is 10.5 Å². The summed E-state index contributed by atoms with van der Waals surface area (Å²) in [5.74, 6) is 0.705. The van der Waals surface area contributed by atoms with Gasteiger partial charge in [-0.15, -0.1) is 5.10 Å². The van der Waals surface area contributed by atoms with Gasteiger partial charge in [-0.2, -0.15) is 5.10 Å². The van der Waals surface area contributed by atoms with Crippen LogP contribution in [0.15, 0.2) is 6.20 Å². The van der Waals surface area contributed by atoms with Crippen LogP contribution in [0.1, 0.15) is 29.2 Å². The second-order valence-electron chi connectivity index (χ2n) is 5.04. The Morgan fingerprint density at radius 1 is 1.48 bits per heavy atom. The Bertz CT molecular complexity index is 579. The molecule has 0 aromatic carbocycles. The highest BCUT2D eigenvalue weighted by molar-refractivity contribution is 7.05. The van der Waals surface area contributed by atoms with Crippen molar-refractivity contribution in [2.45, 2.75) is 25.9 Å². The van der Waals surface area contributed by atoms with Crippen molar-refractivity contribution in [3.05, 3.63) is 22.5 Å². The Hall–Kier alpha value is -1.51. The lowest BCUT2D eigenvalue weighted by atomic mass is 10.1. The predicted molar refractivity (Wildman–Crippen MR) is 82.7 cm³/mol. The predicted octanol–water partition coefficient (Wildman–Crippen LogP) is 0.915.